The van der Waals surface area contributed by atoms with Crippen molar-refractivity contribution in [3.8, 4) is 0 Å². The molecule has 1 aromatic carbocycles. The van der Waals surface area contributed by atoms with Crippen LogP contribution in [-0.4, -0.2) is 6.10 Å². The fourth-order valence-corrected chi connectivity index (χ4v) is 3.46. The lowest BCUT2D eigenvalue weighted by Gasteiger charge is -2.38. The van der Waals surface area contributed by atoms with Gasteiger partial charge in [0.2, 0.25) is 0 Å². The first-order chi connectivity index (χ1) is 9.39. The second-order valence-corrected chi connectivity index (χ2v) is 6.98. The monoisotopic (exact) mass is 279 g/mol. The molecular formula is C17H26FNO. The Morgan fingerprint density at radius 2 is 2.10 bits per heavy atom. The highest BCUT2D eigenvalue weighted by Gasteiger charge is 2.32. The number of ether oxygens (including phenoxy) is 1. The average molecular weight is 279 g/mol. The molecule has 0 bridgehead atoms. The van der Waals surface area contributed by atoms with Crippen molar-refractivity contribution >= 4 is 0 Å². The lowest BCUT2D eigenvalue weighted by atomic mass is 9.71. The fraction of sp³-hybridized carbons (Fsp3) is 0.647. The predicted molar refractivity (Wildman–Crippen MR) is 79.7 cm³/mol. The lowest BCUT2D eigenvalue weighted by molar-refractivity contribution is -0.0324. The van der Waals surface area contributed by atoms with E-state index < -0.39 is 0 Å². The number of hydrogen-bond donors (Lipinski definition) is 1. The van der Waals surface area contributed by atoms with Crippen LogP contribution in [0.1, 0.15) is 51.2 Å². The largest absolute Gasteiger partial charge is 0.373 e. The molecule has 3 heteroatoms. The van der Waals surface area contributed by atoms with Crippen LogP contribution in [0.15, 0.2) is 18.2 Å². The van der Waals surface area contributed by atoms with E-state index in [1.807, 2.05) is 6.07 Å². The Morgan fingerprint density at radius 3 is 2.75 bits per heavy atom. The molecule has 0 saturated heterocycles. The normalized spacial score (nSPS) is 25.6. The van der Waals surface area contributed by atoms with Crippen LogP contribution >= 0.6 is 0 Å². The Hall–Kier alpha value is -0.930. The molecule has 2 nitrogen and oxygen atoms in total. The summed E-state index contributed by atoms with van der Waals surface area (Å²) < 4.78 is 19.7. The van der Waals surface area contributed by atoms with Gasteiger partial charge >= 0.3 is 0 Å². The van der Waals surface area contributed by atoms with Gasteiger partial charge in [0, 0.05) is 12.1 Å². The fourth-order valence-electron chi connectivity index (χ4n) is 3.46. The molecule has 2 atom stereocenters. The van der Waals surface area contributed by atoms with Gasteiger partial charge in [0.15, 0.2) is 0 Å². The summed E-state index contributed by atoms with van der Waals surface area (Å²) in [7, 11) is 0. The van der Waals surface area contributed by atoms with Crippen molar-refractivity contribution in [1.29, 1.82) is 0 Å². The maximum Gasteiger partial charge on any atom is 0.128 e. The van der Waals surface area contributed by atoms with Crippen LogP contribution < -0.4 is 5.73 Å². The summed E-state index contributed by atoms with van der Waals surface area (Å²) in [6, 6.07) is 5.02. The zero-order valence-electron chi connectivity index (χ0n) is 12.8. The smallest absolute Gasteiger partial charge is 0.128 e. The highest BCUT2D eigenvalue weighted by Crippen LogP contribution is 2.39. The molecule has 2 rings (SSSR count). The summed E-state index contributed by atoms with van der Waals surface area (Å²) in [5, 5.41) is 0. The van der Waals surface area contributed by atoms with Crippen LogP contribution in [0.25, 0.3) is 0 Å². The standard InChI is InChI=1S/C17H26FNO/c1-12-6-15(9-17(2,3)8-12)20-11-14-7-13(10-19)4-5-16(14)18/h4-5,7,12,15H,6,8-11,19H2,1-3H3. The van der Waals surface area contributed by atoms with E-state index >= 15 is 0 Å². The maximum atomic E-state index is 13.8. The molecule has 1 aliphatic carbocycles. The van der Waals surface area contributed by atoms with Crippen LogP contribution in [0.5, 0.6) is 0 Å². The Balaban J connectivity index is 1.98. The Morgan fingerprint density at radius 1 is 1.35 bits per heavy atom. The first kappa shape index (κ1) is 15.5. The molecule has 0 aliphatic heterocycles. The molecule has 0 radical (unpaired) electrons. The molecule has 0 amide bonds. The minimum absolute atomic E-state index is 0.203. The summed E-state index contributed by atoms with van der Waals surface area (Å²) in [5.41, 5.74) is 7.48. The van der Waals surface area contributed by atoms with E-state index in [4.69, 9.17) is 10.5 Å². The van der Waals surface area contributed by atoms with Crippen molar-refractivity contribution in [3.05, 3.63) is 35.1 Å². The number of benzene rings is 1. The molecule has 0 spiro atoms. The number of hydrogen-bond acceptors (Lipinski definition) is 2. The molecule has 112 valence electrons. The van der Waals surface area contributed by atoms with Crippen LogP contribution in [0.4, 0.5) is 4.39 Å². The SMILES string of the molecule is CC1CC(OCc2cc(CN)ccc2F)CC(C)(C)C1. The molecule has 2 unspecified atom stereocenters. The second kappa shape index (κ2) is 6.23. The van der Waals surface area contributed by atoms with Gasteiger partial charge in [0.25, 0.3) is 0 Å². The first-order valence-corrected chi connectivity index (χ1v) is 7.48. The number of rotatable bonds is 4. The van der Waals surface area contributed by atoms with Gasteiger partial charge in [-0.05, 0) is 48.3 Å². The van der Waals surface area contributed by atoms with Crippen LogP contribution in [-0.2, 0) is 17.9 Å². The van der Waals surface area contributed by atoms with Crippen molar-refractivity contribution < 1.29 is 9.13 Å². The van der Waals surface area contributed by atoms with E-state index in [0.717, 1.165) is 18.4 Å². The third kappa shape index (κ3) is 4.03. The summed E-state index contributed by atoms with van der Waals surface area (Å²) in [4.78, 5) is 0. The minimum atomic E-state index is -0.203. The highest BCUT2D eigenvalue weighted by molar-refractivity contribution is 5.24. The molecule has 2 N–H and O–H groups in total. The molecule has 0 heterocycles. The zero-order valence-corrected chi connectivity index (χ0v) is 12.8. The molecule has 1 aromatic rings. The molecular weight excluding hydrogens is 253 g/mol. The molecule has 1 fully saturated rings. The molecule has 0 aromatic heterocycles. The van der Waals surface area contributed by atoms with E-state index in [1.165, 1.54) is 12.5 Å². The van der Waals surface area contributed by atoms with E-state index in [0.29, 0.717) is 30.0 Å². The van der Waals surface area contributed by atoms with Gasteiger partial charge in [-0.25, -0.2) is 4.39 Å². The van der Waals surface area contributed by atoms with Crippen LogP contribution in [0.2, 0.25) is 0 Å². The third-order valence-corrected chi connectivity index (χ3v) is 4.17. The molecule has 20 heavy (non-hydrogen) atoms. The van der Waals surface area contributed by atoms with Gasteiger partial charge in [-0.3, -0.25) is 0 Å². The van der Waals surface area contributed by atoms with E-state index in [2.05, 4.69) is 20.8 Å². The van der Waals surface area contributed by atoms with Crippen molar-refractivity contribution in [3.63, 3.8) is 0 Å². The summed E-state index contributed by atoms with van der Waals surface area (Å²) in [6.45, 7) is 7.62. The van der Waals surface area contributed by atoms with E-state index in [9.17, 15) is 4.39 Å². The summed E-state index contributed by atoms with van der Waals surface area (Å²) in [5.74, 6) is 0.467. The van der Waals surface area contributed by atoms with Gasteiger partial charge in [-0.15, -0.1) is 0 Å². The van der Waals surface area contributed by atoms with Crippen molar-refractivity contribution in [2.75, 3.05) is 0 Å². The number of nitrogens with two attached hydrogens (primary N) is 1. The Bertz CT molecular complexity index is 458. The van der Waals surface area contributed by atoms with Gasteiger partial charge in [0.05, 0.1) is 12.7 Å². The number of halogens is 1. The Kier molecular flexibility index (Phi) is 4.82. The highest BCUT2D eigenvalue weighted by atomic mass is 19.1. The summed E-state index contributed by atoms with van der Waals surface area (Å²) >= 11 is 0. The van der Waals surface area contributed by atoms with Crippen molar-refractivity contribution in [1.82, 2.24) is 0 Å². The van der Waals surface area contributed by atoms with Gasteiger partial charge in [-0.1, -0.05) is 26.8 Å². The van der Waals surface area contributed by atoms with Crippen LogP contribution in [0.3, 0.4) is 0 Å². The first-order valence-electron chi connectivity index (χ1n) is 7.48. The maximum absolute atomic E-state index is 13.8. The van der Waals surface area contributed by atoms with Crippen molar-refractivity contribution in [2.24, 2.45) is 17.1 Å². The predicted octanol–water partition coefficient (Wildman–Crippen LogP) is 4.02. The van der Waals surface area contributed by atoms with Gasteiger partial charge in [0.1, 0.15) is 5.82 Å². The van der Waals surface area contributed by atoms with Gasteiger partial charge in [-0.2, -0.15) is 0 Å². The topological polar surface area (TPSA) is 35.2 Å². The summed E-state index contributed by atoms with van der Waals surface area (Å²) in [6.07, 6.45) is 3.59. The van der Waals surface area contributed by atoms with Gasteiger partial charge < -0.3 is 10.5 Å². The van der Waals surface area contributed by atoms with E-state index in [-0.39, 0.29) is 11.9 Å². The minimum Gasteiger partial charge on any atom is -0.373 e. The molecule has 1 aliphatic rings. The second-order valence-electron chi connectivity index (χ2n) is 6.98. The van der Waals surface area contributed by atoms with Crippen LogP contribution in [0, 0.1) is 17.2 Å². The third-order valence-electron chi connectivity index (χ3n) is 4.17. The quantitative estimate of drug-likeness (QED) is 0.903. The van der Waals surface area contributed by atoms with E-state index in [1.54, 1.807) is 6.07 Å². The lowest BCUT2D eigenvalue weighted by Crippen LogP contribution is -2.32. The average Bonchev–Trinajstić information content (AvgIpc) is 2.35. The molecule has 1 saturated carbocycles. The Labute approximate surface area is 121 Å². The zero-order chi connectivity index (χ0) is 14.8. The van der Waals surface area contributed by atoms with Crippen molar-refractivity contribution in [2.45, 2.75) is 59.3 Å².